The van der Waals surface area contributed by atoms with Crippen molar-refractivity contribution in [2.45, 2.75) is 62.9 Å². The Hall–Kier alpha value is -2.70. The summed E-state index contributed by atoms with van der Waals surface area (Å²) < 4.78 is 5.33. The van der Waals surface area contributed by atoms with E-state index in [2.05, 4.69) is 10.1 Å². The smallest absolute Gasteiger partial charge is 0.326 e. The molecule has 2 saturated carbocycles. The number of nitrogens with zero attached hydrogens (tertiary/aromatic N) is 3. The highest BCUT2D eigenvalue weighted by Crippen LogP contribution is 2.41. The number of aliphatic carboxylic acids is 1. The second-order valence-corrected chi connectivity index (χ2v) is 8.23. The number of aromatic nitrogens is 2. The molecule has 0 spiro atoms. The number of benzene rings is 1. The fraction of sp³-hybridized carbons (Fsp3) is 0.524. The SMILES string of the molecule is O=C(O)[C@@H]1C[C@H]2CCCC[C@@H]2N1C(=O)c1cccc(-c2noc(C3CC3)n2)c1. The number of hydrogen-bond acceptors (Lipinski definition) is 5. The van der Waals surface area contributed by atoms with Crippen LogP contribution in [0, 0.1) is 5.92 Å². The van der Waals surface area contributed by atoms with Crippen molar-refractivity contribution < 1.29 is 19.2 Å². The Bertz CT molecular complexity index is 920. The van der Waals surface area contributed by atoms with E-state index in [1.54, 1.807) is 23.1 Å². The van der Waals surface area contributed by atoms with Gasteiger partial charge in [0.25, 0.3) is 5.91 Å². The summed E-state index contributed by atoms with van der Waals surface area (Å²) in [6.45, 7) is 0. The van der Waals surface area contributed by atoms with Crippen molar-refractivity contribution in [3.8, 4) is 11.4 Å². The highest BCUT2D eigenvalue weighted by Gasteiger charge is 2.47. The molecule has 1 aliphatic heterocycles. The van der Waals surface area contributed by atoms with Crippen LogP contribution in [0.25, 0.3) is 11.4 Å². The minimum absolute atomic E-state index is 0.0256. The third kappa shape index (κ3) is 2.99. The number of amides is 1. The first-order valence-corrected chi connectivity index (χ1v) is 10.1. The van der Waals surface area contributed by atoms with E-state index in [9.17, 15) is 14.7 Å². The first kappa shape index (κ1) is 17.4. The van der Waals surface area contributed by atoms with Gasteiger partial charge in [0.1, 0.15) is 6.04 Å². The van der Waals surface area contributed by atoms with Gasteiger partial charge in [-0.15, -0.1) is 0 Å². The van der Waals surface area contributed by atoms with Crippen LogP contribution in [-0.2, 0) is 4.79 Å². The highest BCUT2D eigenvalue weighted by atomic mass is 16.5. The van der Waals surface area contributed by atoms with E-state index in [4.69, 9.17) is 4.52 Å². The predicted octanol–water partition coefficient (Wildman–Crippen LogP) is 3.47. The summed E-state index contributed by atoms with van der Waals surface area (Å²) in [5.41, 5.74) is 1.19. The van der Waals surface area contributed by atoms with Crippen molar-refractivity contribution in [2.24, 2.45) is 5.92 Å². The van der Waals surface area contributed by atoms with Gasteiger partial charge in [-0.1, -0.05) is 30.1 Å². The van der Waals surface area contributed by atoms with Crippen molar-refractivity contribution >= 4 is 11.9 Å². The molecule has 2 heterocycles. The normalized spacial score (nSPS) is 26.9. The summed E-state index contributed by atoms with van der Waals surface area (Å²) >= 11 is 0. The molecule has 5 rings (SSSR count). The van der Waals surface area contributed by atoms with Crippen LogP contribution < -0.4 is 0 Å². The average molecular weight is 381 g/mol. The molecule has 3 fully saturated rings. The Balaban J connectivity index is 1.44. The zero-order chi connectivity index (χ0) is 19.3. The second kappa shape index (κ2) is 6.72. The molecule has 146 valence electrons. The highest BCUT2D eigenvalue weighted by molar-refractivity contribution is 5.98. The molecule has 7 nitrogen and oxygen atoms in total. The van der Waals surface area contributed by atoms with Gasteiger partial charge < -0.3 is 14.5 Å². The average Bonchev–Trinajstić information content (AvgIpc) is 3.31. The molecule has 1 aromatic carbocycles. The maximum Gasteiger partial charge on any atom is 0.326 e. The molecule has 3 atom stereocenters. The van der Waals surface area contributed by atoms with Crippen molar-refractivity contribution in [1.29, 1.82) is 0 Å². The lowest BCUT2D eigenvalue weighted by Gasteiger charge is -2.33. The predicted molar refractivity (Wildman–Crippen MR) is 99.7 cm³/mol. The summed E-state index contributed by atoms with van der Waals surface area (Å²) in [6.07, 6.45) is 6.76. The van der Waals surface area contributed by atoms with Crippen LogP contribution in [0.1, 0.15) is 67.1 Å². The topological polar surface area (TPSA) is 96.5 Å². The lowest BCUT2D eigenvalue weighted by molar-refractivity contribution is -0.141. The molecule has 7 heteroatoms. The maximum atomic E-state index is 13.3. The van der Waals surface area contributed by atoms with Crippen LogP contribution >= 0.6 is 0 Å². The van der Waals surface area contributed by atoms with Crippen LogP contribution in [0.3, 0.4) is 0 Å². The third-order valence-electron chi connectivity index (χ3n) is 6.34. The van der Waals surface area contributed by atoms with E-state index in [0.717, 1.165) is 38.5 Å². The lowest BCUT2D eigenvalue weighted by Crippen LogP contribution is -2.46. The van der Waals surface area contributed by atoms with Gasteiger partial charge in [-0.05, 0) is 50.2 Å². The lowest BCUT2D eigenvalue weighted by atomic mass is 9.84. The molecule has 2 aromatic rings. The Kier molecular flexibility index (Phi) is 4.18. The first-order chi connectivity index (χ1) is 13.6. The Morgan fingerprint density at radius 2 is 1.96 bits per heavy atom. The van der Waals surface area contributed by atoms with Gasteiger partial charge in [-0.3, -0.25) is 4.79 Å². The molecule has 0 bridgehead atoms. The van der Waals surface area contributed by atoms with E-state index in [0.29, 0.717) is 41.1 Å². The van der Waals surface area contributed by atoms with E-state index >= 15 is 0 Å². The zero-order valence-electron chi connectivity index (χ0n) is 15.6. The van der Waals surface area contributed by atoms with Crippen molar-refractivity contribution in [1.82, 2.24) is 15.0 Å². The summed E-state index contributed by atoms with van der Waals surface area (Å²) in [7, 11) is 0. The van der Waals surface area contributed by atoms with Crippen molar-refractivity contribution in [3.63, 3.8) is 0 Å². The Morgan fingerprint density at radius 1 is 1.14 bits per heavy atom. The fourth-order valence-electron chi connectivity index (χ4n) is 4.76. The van der Waals surface area contributed by atoms with Gasteiger partial charge >= 0.3 is 5.97 Å². The third-order valence-corrected chi connectivity index (χ3v) is 6.34. The number of carbonyl (C=O) groups is 2. The van der Waals surface area contributed by atoms with Gasteiger partial charge in [0.2, 0.25) is 11.7 Å². The standard InChI is InChI=1S/C21H23N3O4/c25-20(24-16-7-2-1-4-13(16)11-17(24)21(26)27)15-6-3-5-14(10-15)18-22-19(28-23-18)12-8-9-12/h3,5-6,10,12-13,16-17H,1-2,4,7-9,11H2,(H,26,27)/t13-,16+,17+/m1/s1. The van der Waals surface area contributed by atoms with E-state index in [1.165, 1.54) is 0 Å². The second-order valence-electron chi connectivity index (χ2n) is 8.23. The van der Waals surface area contributed by atoms with E-state index in [1.807, 2.05) is 6.07 Å². The molecule has 3 aliphatic rings. The fourth-order valence-corrected chi connectivity index (χ4v) is 4.76. The molecule has 0 unspecified atom stereocenters. The van der Waals surface area contributed by atoms with Crippen LogP contribution in [-0.4, -0.2) is 44.1 Å². The number of rotatable bonds is 4. The van der Waals surface area contributed by atoms with Gasteiger partial charge in [0, 0.05) is 23.1 Å². The minimum Gasteiger partial charge on any atom is -0.480 e. The number of carboxylic acids is 1. The van der Waals surface area contributed by atoms with Gasteiger partial charge in [0.15, 0.2) is 0 Å². The Labute approximate surface area is 162 Å². The minimum atomic E-state index is -0.911. The van der Waals surface area contributed by atoms with Gasteiger partial charge in [0.05, 0.1) is 0 Å². The molecule has 1 N–H and O–H groups in total. The van der Waals surface area contributed by atoms with E-state index < -0.39 is 12.0 Å². The van der Waals surface area contributed by atoms with Crippen molar-refractivity contribution in [3.05, 3.63) is 35.7 Å². The number of carbonyl (C=O) groups excluding carboxylic acids is 1. The quantitative estimate of drug-likeness (QED) is 0.871. The number of carboxylic acid groups (broad SMARTS) is 1. The molecule has 1 amide bonds. The molecular weight excluding hydrogens is 358 g/mol. The largest absolute Gasteiger partial charge is 0.480 e. The maximum absolute atomic E-state index is 13.3. The molecule has 1 saturated heterocycles. The molecule has 28 heavy (non-hydrogen) atoms. The number of likely N-dealkylation sites (tertiary alicyclic amines) is 1. The summed E-state index contributed by atoms with van der Waals surface area (Å²) in [6, 6.07) is 6.41. The summed E-state index contributed by atoms with van der Waals surface area (Å²) in [5.74, 6) is 0.668. The van der Waals surface area contributed by atoms with Gasteiger partial charge in [-0.25, -0.2) is 4.79 Å². The molecule has 1 aromatic heterocycles. The Morgan fingerprint density at radius 3 is 2.75 bits per heavy atom. The van der Waals surface area contributed by atoms with Crippen LogP contribution in [0.5, 0.6) is 0 Å². The van der Waals surface area contributed by atoms with Crippen LogP contribution in [0.2, 0.25) is 0 Å². The summed E-state index contributed by atoms with van der Waals surface area (Å²) in [4.78, 5) is 31.2. The molecular formula is C21H23N3O4. The summed E-state index contributed by atoms with van der Waals surface area (Å²) in [5, 5.41) is 13.7. The monoisotopic (exact) mass is 381 g/mol. The van der Waals surface area contributed by atoms with Crippen molar-refractivity contribution in [2.75, 3.05) is 0 Å². The number of hydrogen-bond donors (Lipinski definition) is 1. The van der Waals surface area contributed by atoms with Gasteiger partial charge in [-0.2, -0.15) is 4.98 Å². The molecule has 2 aliphatic carbocycles. The van der Waals surface area contributed by atoms with Crippen LogP contribution in [0.15, 0.2) is 28.8 Å². The van der Waals surface area contributed by atoms with E-state index in [-0.39, 0.29) is 11.9 Å². The van der Waals surface area contributed by atoms with Crippen LogP contribution in [0.4, 0.5) is 0 Å². The number of fused-ring (bicyclic) bond motifs is 1. The molecule has 0 radical (unpaired) electrons. The first-order valence-electron chi connectivity index (χ1n) is 10.1. The zero-order valence-corrected chi connectivity index (χ0v) is 15.6.